The van der Waals surface area contributed by atoms with E-state index < -0.39 is 0 Å². The number of fused-ring (bicyclic) bond motifs is 1. The van der Waals surface area contributed by atoms with Gasteiger partial charge in [-0.1, -0.05) is 48.5 Å². The SMILES string of the molecule is Cc1cccc2c(CCNC(=NCC(=O)N(C)C)NCCc3ccccc3)c[nH]c12.I. The average Bonchev–Trinajstić information content (AvgIpc) is 3.16. The van der Waals surface area contributed by atoms with E-state index in [2.05, 4.69) is 64.1 Å². The fourth-order valence-corrected chi connectivity index (χ4v) is 3.32. The zero-order valence-electron chi connectivity index (χ0n) is 18.4. The van der Waals surface area contributed by atoms with Gasteiger partial charge in [0, 0.05) is 44.3 Å². The molecule has 0 bridgehead atoms. The summed E-state index contributed by atoms with van der Waals surface area (Å²) < 4.78 is 0. The van der Waals surface area contributed by atoms with Gasteiger partial charge < -0.3 is 20.5 Å². The molecule has 2 aromatic carbocycles. The lowest BCUT2D eigenvalue weighted by Crippen LogP contribution is -2.40. The summed E-state index contributed by atoms with van der Waals surface area (Å²) in [6.45, 7) is 3.72. The molecule has 3 N–H and O–H groups in total. The van der Waals surface area contributed by atoms with Gasteiger partial charge in [0.15, 0.2) is 5.96 Å². The van der Waals surface area contributed by atoms with Crippen molar-refractivity contribution in [3.63, 3.8) is 0 Å². The van der Waals surface area contributed by atoms with E-state index in [4.69, 9.17) is 0 Å². The smallest absolute Gasteiger partial charge is 0.243 e. The number of rotatable bonds is 8. The molecule has 0 radical (unpaired) electrons. The Morgan fingerprint density at radius 2 is 1.71 bits per heavy atom. The molecule has 0 fully saturated rings. The summed E-state index contributed by atoms with van der Waals surface area (Å²) in [5, 5.41) is 7.98. The first-order valence-corrected chi connectivity index (χ1v) is 10.4. The molecule has 1 amide bonds. The molecule has 6 nitrogen and oxygen atoms in total. The Morgan fingerprint density at radius 1 is 1.00 bits per heavy atom. The van der Waals surface area contributed by atoms with Gasteiger partial charge in [-0.25, -0.2) is 4.99 Å². The number of nitrogens with zero attached hydrogens (tertiary/aromatic N) is 2. The Balaban J connectivity index is 0.00000341. The van der Waals surface area contributed by atoms with Crippen molar-refractivity contribution < 1.29 is 4.79 Å². The standard InChI is InChI=1S/C24H31N5O.HI/c1-18-8-7-11-21-20(16-27-23(18)21)13-15-26-24(28-17-22(30)29(2)3)25-14-12-19-9-5-4-6-10-19;/h4-11,16,27H,12-15,17H2,1-3H3,(H2,25,26,28);1H. The van der Waals surface area contributed by atoms with E-state index in [-0.39, 0.29) is 36.4 Å². The maximum Gasteiger partial charge on any atom is 0.243 e. The van der Waals surface area contributed by atoms with Gasteiger partial charge in [0.1, 0.15) is 6.54 Å². The Kier molecular flexibility index (Phi) is 9.84. The fraction of sp³-hybridized carbons (Fsp3) is 0.333. The number of aromatic amines is 1. The van der Waals surface area contributed by atoms with Crippen molar-refractivity contribution >= 4 is 46.7 Å². The number of aliphatic imine (C=N–C) groups is 1. The lowest BCUT2D eigenvalue weighted by atomic mass is 10.1. The molecule has 3 rings (SSSR count). The minimum Gasteiger partial charge on any atom is -0.361 e. The molecule has 7 heteroatoms. The number of carbonyl (C=O) groups excluding carboxylic acids is 1. The molecule has 1 heterocycles. The Morgan fingerprint density at radius 3 is 2.42 bits per heavy atom. The third-order valence-corrected chi connectivity index (χ3v) is 5.12. The first-order valence-electron chi connectivity index (χ1n) is 10.4. The summed E-state index contributed by atoms with van der Waals surface area (Å²) in [5.41, 5.74) is 4.98. The summed E-state index contributed by atoms with van der Waals surface area (Å²) in [6, 6.07) is 16.7. The molecule has 0 aliphatic rings. The van der Waals surface area contributed by atoms with E-state index in [1.807, 2.05) is 18.2 Å². The highest BCUT2D eigenvalue weighted by molar-refractivity contribution is 14.0. The van der Waals surface area contributed by atoms with Gasteiger partial charge in [0.25, 0.3) is 0 Å². The summed E-state index contributed by atoms with van der Waals surface area (Å²) in [5.74, 6) is 0.642. The molecule has 0 saturated heterocycles. The van der Waals surface area contributed by atoms with Crippen LogP contribution in [0.25, 0.3) is 10.9 Å². The number of likely N-dealkylation sites (N-methyl/N-ethyl adjacent to an activating group) is 1. The number of benzene rings is 2. The number of hydrogen-bond donors (Lipinski definition) is 3. The first kappa shape index (κ1) is 24.7. The monoisotopic (exact) mass is 533 g/mol. The van der Waals surface area contributed by atoms with Crippen molar-refractivity contribution in [2.24, 2.45) is 4.99 Å². The minimum absolute atomic E-state index is 0. The number of amides is 1. The highest BCUT2D eigenvalue weighted by Gasteiger charge is 2.07. The van der Waals surface area contributed by atoms with Crippen molar-refractivity contribution in [1.29, 1.82) is 0 Å². The van der Waals surface area contributed by atoms with E-state index in [0.717, 1.165) is 25.9 Å². The minimum atomic E-state index is -0.0220. The second kappa shape index (κ2) is 12.3. The molecule has 0 aliphatic heterocycles. The highest BCUT2D eigenvalue weighted by atomic mass is 127. The molecule has 166 valence electrons. The van der Waals surface area contributed by atoms with Crippen molar-refractivity contribution in [3.8, 4) is 0 Å². The summed E-state index contributed by atoms with van der Waals surface area (Å²) in [6.07, 6.45) is 3.84. The molecule has 31 heavy (non-hydrogen) atoms. The highest BCUT2D eigenvalue weighted by Crippen LogP contribution is 2.21. The van der Waals surface area contributed by atoms with Gasteiger partial charge in [0.05, 0.1) is 0 Å². The summed E-state index contributed by atoms with van der Waals surface area (Å²) in [4.78, 5) is 21.3. The van der Waals surface area contributed by atoms with Crippen LogP contribution in [0.2, 0.25) is 0 Å². The topological polar surface area (TPSA) is 72.5 Å². The lowest BCUT2D eigenvalue weighted by molar-refractivity contribution is -0.127. The van der Waals surface area contributed by atoms with Gasteiger partial charge >= 0.3 is 0 Å². The normalized spacial score (nSPS) is 11.1. The number of aromatic nitrogens is 1. The van der Waals surface area contributed by atoms with Gasteiger partial charge in [-0.2, -0.15) is 0 Å². The van der Waals surface area contributed by atoms with Crippen molar-refractivity contribution in [1.82, 2.24) is 20.5 Å². The molecule has 1 aromatic heterocycles. The van der Waals surface area contributed by atoms with Crippen LogP contribution in [-0.2, 0) is 17.6 Å². The first-order chi connectivity index (χ1) is 14.5. The molecular formula is C24H32IN5O. The number of carbonyl (C=O) groups is 1. The fourth-order valence-electron chi connectivity index (χ4n) is 3.32. The van der Waals surface area contributed by atoms with Crippen LogP contribution in [0, 0.1) is 6.92 Å². The van der Waals surface area contributed by atoms with Crippen LogP contribution >= 0.6 is 24.0 Å². The zero-order chi connectivity index (χ0) is 21.3. The lowest BCUT2D eigenvalue weighted by Gasteiger charge is -2.14. The molecule has 0 atom stereocenters. The molecule has 0 spiro atoms. The van der Waals surface area contributed by atoms with Crippen molar-refractivity contribution in [2.45, 2.75) is 19.8 Å². The average molecular weight is 533 g/mol. The predicted molar refractivity (Wildman–Crippen MR) is 139 cm³/mol. The van der Waals surface area contributed by atoms with E-state index in [1.165, 1.54) is 27.6 Å². The van der Waals surface area contributed by atoms with Crippen LogP contribution in [-0.4, -0.2) is 55.5 Å². The molecular weight excluding hydrogens is 501 g/mol. The van der Waals surface area contributed by atoms with E-state index >= 15 is 0 Å². The predicted octanol–water partition coefficient (Wildman–Crippen LogP) is 3.50. The van der Waals surface area contributed by atoms with Crippen LogP contribution in [0.1, 0.15) is 16.7 Å². The number of halogens is 1. The number of hydrogen-bond acceptors (Lipinski definition) is 2. The van der Waals surface area contributed by atoms with Gasteiger partial charge in [0.2, 0.25) is 5.91 Å². The molecule has 0 aliphatic carbocycles. The van der Waals surface area contributed by atoms with Gasteiger partial charge in [-0.3, -0.25) is 4.79 Å². The quantitative estimate of drug-likeness (QED) is 0.236. The number of nitrogens with one attached hydrogen (secondary N) is 3. The molecule has 0 unspecified atom stereocenters. The number of H-pyrrole nitrogens is 1. The number of para-hydroxylation sites is 1. The molecule has 3 aromatic rings. The summed E-state index contributed by atoms with van der Waals surface area (Å²) >= 11 is 0. The third-order valence-electron chi connectivity index (χ3n) is 5.12. The van der Waals surface area contributed by atoms with Crippen molar-refractivity contribution in [2.75, 3.05) is 33.7 Å². The molecule has 0 saturated carbocycles. The van der Waals surface area contributed by atoms with Gasteiger partial charge in [-0.05, 0) is 36.5 Å². The van der Waals surface area contributed by atoms with Crippen LogP contribution in [0.15, 0.2) is 59.7 Å². The van der Waals surface area contributed by atoms with Gasteiger partial charge in [-0.15, -0.1) is 24.0 Å². The van der Waals surface area contributed by atoms with Crippen LogP contribution in [0.5, 0.6) is 0 Å². The second-order valence-electron chi connectivity index (χ2n) is 7.60. The van der Waals surface area contributed by atoms with Crippen LogP contribution in [0.4, 0.5) is 0 Å². The number of guanidine groups is 1. The second-order valence-corrected chi connectivity index (χ2v) is 7.60. The van der Waals surface area contributed by atoms with E-state index in [9.17, 15) is 4.79 Å². The zero-order valence-corrected chi connectivity index (χ0v) is 20.8. The maximum atomic E-state index is 11.9. The maximum absolute atomic E-state index is 11.9. The Bertz CT molecular complexity index is 998. The largest absolute Gasteiger partial charge is 0.361 e. The number of aryl methyl sites for hydroxylation is 1. The Hall–Kier alpha value is -2.55. The van der Waals surface area contributed by atoms with Crippen LogP contribution < -0.4 is 10.6 Å². The summed E-state index contributed by atoms with van der Waals surface area (Å²) in [7, 11) is 3.49. The van der Waals surface area contributed by atoms with E-state index in [1.54, 1.807) is 19.0 Å². The Labute approximate surface area is 201 Å². The van der Waals surface area contributed by atoms with Crippen molar-refractivity contribution in [3.05, 3.63) is 71.4 Å². The van der Waals surface area contributed by atoms with Crippen LogP contribution in [0.3, 0.4) is 0 Å². The van der Waals surface area contributed by atoms with E-state index in [0.29, 0.717) is 5.96 Å². The third kappa shape index (κ3) is 7.27.